The summed E-state index contributed by atoms with van der Waals surface area (Å²) in [5, 5.41) is 3.00. The molecule has 2 aliphatic rings. The Kier molecular flexibility index (Phi) is 5.44. The van der Waals surface area contributed by atoms with Crippen molar-refractivity contribution in [2.24, 2.45) is 11.8 Å². The maximum Gasteiger partial charge on any atom is 0.317 e. The van der Waals surface area contributed by atoms with Crippen LogP contribution >= 0.6 is 0 Å². The molecule has 5 nitrogen and oxygen atoms in total. The number of carbonyl (C=O) groups excluding carboxylic acids is 2. The molecule has 1 heterocycles. The molecular weight excluding hydrogens is 256 g/mol. The summed E-state index contributed by atoms with van der Waals surface area (Å²) in [6.45, 7) is 1.93. The van der Waals surface area contributed by atoms with E-state index in [1.807, 2.05) is 0 Å². The zero-order valence-electron chi connectivity index (χ0n) is 12.1. The number of ether oxygens (including phenoxy) is 1. The summed E-state index contributed by atoms with van der Waals surface area (Å²) in [6, 6.07) is -0.0480. The molecule has 20 heavy (non-hydrogen) atoms. The van der Waals surface area contributed by atoms with E-state index in [1.165, 1.54) is 7.11 Å². The lowest BCUT2D eigenvalue weighted by atomic mass is 9.94. The normalized spacial score (nSPS) is 26.1. The molecule has 1 saturated heterocycles. The van der Waals surface area contributed by atoms with E-state index in [4.69, 9.17) is 4.74 Å². The maximum absolute atomic E-state index is 12.1. The van der Waals surface area contributed by atoms with Gasteiger partial charge in [0, 0.05) is 19.6 Å². The minimum absolute atomic E-state index is 0.0480. The first kappa shape index (κ1) is 14.9. The summed E-state index contributed by atoms with van der Waals surface area (Å²) >= 11 is 0. The van der Waals surface area contributed by atoms with Crippen molar-refractivity contribution in [1.29, 1.82) is 0 Å². The monoisotopic (exact) mass is 280 g/mol. The van der Waals surface area contributed by atoms with Crippen LogP contribution in [0.4, 0.5) is 4.79 Å². The van der Waals surface area contributed by atoms with Crippen molar-refractivity contribution in [3.8, 4) is 0 Å². The van der Waals surface area contributed by atoms with Gasteiger partial charge in [-0.25, -0.2) is 4.79 Å². The third-order valence-corrected chi connectivity index (χ3v) is 4.16. The number of hydrogen-bond acceptors (Lipinski definition) is 3. The van der Waals surface area contributed by atoms with Gasteiger partial charge in [-0.2, -0.15) is 0 Å². The van der Waals surface area contributed by atoms with Gasteiger partial charge in [-0.1, -0.05) is 12.2 Å². The van der Waals surface area contributed by atoms with E-state index in [-0.39, 0.29) is 17.9 Å². The molecule has 5 heteroatoms. The first-order chi connectivity index (χ1) is 9.70. The van der Waals surface area contributed by atoms with Crippen LogP contribution in [0.15, 0.2) is 12.2 Å². The maximum atomic E-state index is 12.1. The van der Waals surface area contributed by atoms with Gasteiger partial charge in [-0.05, 0) is 38.0 Å². The number of methoxy groups -OCH3 is 1. The van der Waals surface area contributed by atoms with Gasteiger partial charge in [-0.15, -0.1) is 0 Å². The highest BCUT2D eigenvalue weighted by Gasteiger charge is 2.29. The van der Waals surface area contributed by atoms with Crippen LogP contribution in [-0.2, 0) is 9.53 Å². The molecule has 0 saturated carbocycles. The molecule has 1 aliphatic carbocycles. The molecule has 112 valence electrons. The second-order valence-electron chi connectivity index (χ2n) is 5.64. The average Bonchev–Trinajstić information content (AvgIpc) is 2.53. The molecule has 0 aromatic carbocycles. The summed E-state index contributed by atoms with van der Waals surface area (Å²) in [7, 11) is 1.40. The number of hydrogen-bond donors (Lipinski definition) is 1. The minimum atomic E-state index is -0.208. The summed E-state index contributed by atoms with van der Waals surface area (Å²) < 4.78 is 4.77. The average molecular weight is 280 g/mol. The standard InChI is InChI=1S/C15H24N2O3/c1-20-14(18)13-8-5-9-17(11-13)15(19)16-10-12-6-3-2-4-7-12/h2-3,12-13H,4-11H2,1H3,(H,16,19). The third kappa shape index (κ3) is 3.99. The smallest absolute Gasteiger partial charge is 0.317 e. The van der Waals surface area contributed by atoms with Crippen molar-refractivity contribution in [2.45, 2.75) is 32.1 Å². The van der Waals surface area contributed by atoms with Gasteiger partial charge < -0.3 is 15.0 Å². The second-order valence-corrected chi connectivity index (χ2v) is 5.64. The lowest BCUT2D eigenvalue weighted by Crippen LogP contribution is -2.48. The van der Waals surface area contributed by atoms with Crippen molar-refractivity contribution in [1.82, 2.24) is 10.2 Å². The highest BCUT2D eigenvalue weighted by Crippen LogP contribution is 2.19. The van der Waals surface area contributed by atoms with Crippen LogP contribution in [0.1, 0.15) is 32.1 Å². The summed E-state index contributed by atoms with van der Waals surface area (Å²) in [6.07, 6.45) is 9.35. The highest BCUT2D eigenvalue weighted by molar-refractivity contribution is 5.77. The first-order valence-corrected chi connectivity index (χ1v) is 7.46. The number of carbonyl (C=O) groups is 2. The Morgan fingerprint density at radius 3 is 2.90 bits per heavy atom. The molecule has 2 rings (SSSR count). The molecule has 1 aliphatic heterocycles. The Hall–Kier alpha value is -1.52. The molecule has 2 unspecified atom stereocenters. The molecule has 0 aromatic heterocycles. The molecule has 0 radical (unpaired) electrons. The van der Waals surface area contributed by atoms with Crippen molar-refractivity contribution < 1.29 is 14.3 Å². The van der Waals surface area contributed by atoms with E-state index >= 15 is 0 Å². The van der Waals surface area contributed by atoms with Gasteiger partial charge in [0.25, 0.3) is 0 Å². The van der Waals surface area contributed by atoms with Crippen LogP contribution in [0.5, 0.6) is 0 Å². The Labute approximate surface area is 120 Å². The number of nitrogens with zero attached hydrogens (tertiary/aromatic N) is 1. The number of likely N-dealkylation sites (tertiary alicyclic amines) is 1. The Morgan fingerprint density at radius 2 is 2.20 bits per heavy atom. The van der Waals surface area contributed by atoms with Crippen molar-refractivity contribution in [2.75, 3.05) is 26.7 Å². The van der Waals surface area contributed by atoms with Crippen molar-refractivity contribution >= 4 is 12.0 Å². The fourth-order valence-corrected chi connectivity index (χ4v) is 2.91. The lowest BCUT2D eigenvalue weighted by Gasteiger charge is -2.32. The second kappa shape index (κ2) is 7.31. The quantitative estimate of drug-likeness (QED) is 0.635. The number of piperidine rings is 1. The number of esters is 1. The van der Waals surface area contributed by atoms with Crippen molar-refractivity contribution in [3.63, 3.8) is 0 Å². The van der Waals surface area contributed by atoms with Gasteiger partial charge in [-0.3, -0.25) is 4.79 Å². The number of urea groups is 1. The van der Waals surface area contributed by atoms with Crippen LogP contribution < -0.4 is 5.32 Å². The van der Waals surface area contributed by atoms with Gasteiger partial charge in [0.1, 0.15) is 0 Å². The van der Waals surface area contributed by atoms with E-state index in [9.17, 15) is 9.59 Å². The Morgan fingerprint density at radius 1 is 1.35 bits per heavy atom. The van der Waals surface area contributed by atoms with Crippen LogP contribution in [0.2, 0.25) is 0 Å². The van der Waals surface area contributed by atoms with E-state index in [0.717, 1.165) is 45.2 Å². The third-order valence-electron chi connectivity index (χ3n) is 4.16. The molecular formula is C15H24N2O3. The van der Waals surface area contributed by atoms with Crippen LogP contribution in [-0.4, -0.2) is 43.6 Å². The highest BCUT2D eigenvalue weighted by atomic mass is 16.5. The van der Waals surface area contributed by atoms with Crippen LogP contribution in [0, 0.1) is 11.8 Å². The SMILES string of the molecule is COC(=O)C1CCCN(C(=O)NCC2CC=CCC2)C1. The largest absolute Gasteiger partial charge is 0.469 e. The van der Waals surface area contributed by atoms with E-state index < -0.39 is 0 Å². The van der Waals surface area contributed by atoms with E-state index in [0.29, 0.717) is 12.5 Å². The number of allylic oxidation sites excluding steroid dienone is 2. The lowest BCUT2D eigenvalue weighted by molar-refractivity contribution is -0.146. The predicted molar refractivity (Wildman–Crippen MR) is 76.2 cm³/mol. The van der Waals surface area contributed by atoms with Crippen LogP contribution in [0.25, 0.3) is 0 Å². The number of rotatable bonds is 3. The molecule has 0 spiro atoms. The van der Waals surface area contributed by atoms with Gasteiger partial charge in [0.05, 0.1) is 13.0 Å². The molecule has 1 N–H and O–H groups in total. The molecule has 0 aromatic rings. The van der Waals surface area contributed by atoms with E-state index in [2.05, 4.69) is 17.5 Å². The molecule has 0 bridgehead atoms. The Bertz CT molecular complexity index is 381. The van der Waals surface area contributed by atoms with Gasteiger partial charge in [0.2, 0.25) is 0 Å². The summed E-state index contributed by atoms with van der Waals surface area (Å²) in [4.78, 5) is 25.4. The van der Waals surface area contributed by atoms with Crippen molar-refractivity contribution in [3.05, 3.63) is 12.2 Å². The van der Waals surface area contributed by atoms with Gasteiger partial charge >= 0.3 is 12.0 Å². The summed E-state index contributed by atoms with van der Waals surface area (Å²) in [5.74, 6) is 0.169. The molecule has 2 atom stereocenters. The molecule has 1 fully saturated rings. The number of nitrogens with one attached hydrogen (secondary N) is 1. The summed E-state index contributed by atoms with van der Waals surface area (Å²) in [5.41, 5.74) is 0. The zero-order chi connectivity index (χ0) is 14.4. The van der Waals surface area contributed by atoms with Crippen LogP contribution in [0.3, 0.4) is 0 Å². The number of amides is 2. The Balaban J connectivity index is 1.76. The fraction of sp³-hybridized carbons (Fsp3) is 0.733. The van der Waals surface area contributed by atoms with E-state index in [1.54, 1.807) is 4.90 Å². The predicted octanol–water partition coefficient (Wildman–Crippen LogP) is 1.94. The fourth-order valence-electron chi connectivity index (χ4n) is 2.91. The first-order valence-electron chi connectivity index (χ1n) is 7.46. The minimum Gasteiger partial charge on any atom is -0.469 e. The van der Waals surface area contributed by atoms with Gasteiger partial charge in [0.15, 0.2) is 0 Å². The topological polar surface area (TPSA) is 58.6 Å². The zero-order valence-corrected chi connectivity index (χ0v) is 12.1. The molecule has 2 amide bonds.